The fourth-order valence-corrected chi connectivity index (χ4v) is 12.8. The lowest BCUT2D eigenvalue weighted by Gasteiger charge is -2.14. The summed E-state index contributed by atoms with van der Waals surface area (Å²) in [4.78, 5) is 16.1. The number of fused-ring (bicyclic) bond motifs is 16. The van der Waals surface area contributed by atoms with E-state index in [1.165, 1.54) is 43.4 Å². The van der Waals surface area contributed by atoms with Crippen LogP contribution in [0.3, 0.4) is 0 Å². The molecule has 0 aliphatic heterocycles. The summed E-state index contributed by atoms with van der Waals surface area (Å²) in [7, 11) is 0. The maximum absolute atomic E-state index is 5.42. The van der Waals surface area contributed by atoms with Crippen molar-refractivity contribution >= 4 is 109 Å². The van der Waals surface area contributed by atoms with E-state index in [1.54, 1.807) is 0 Å². The number of benzene rings is 12. The first-order valence-corrected chi connectivity index (χ1v) is 26.5. The summed E-state index contributed by atoms with van der Waals surface area (Å²) in [6, 6.07) is 94.0. The van der Waals surface area contributed by atoms with Crippen LogP contribution in [0.25, 0.3) is 155 Å². The summed E-state index contributed by atoms with van der Waals surface area (Å²) in [5.41, 5.74) is 14.1. The normalized spacial score (nSPS) is 12.1. The van der Waals surface area contributed by atoms with Gasteiger partial charge in [-0.1, -0.05) is 182 Å². The van der Waals surface area contributed by atoms with Crippen LogP contribution in [0.4, 0.5) is 0 Å². The molecule has 5 heterocycles. The average molecular weight is 994 g/mol. The fraction of sp³-hybridized carbons (Fsp3) is 0. The summed E-state index contributed by atoms with van der Waals surface area (Å²) in [6.07, 6.45) is 0. The van der Waals surface area contributed by atoms with E-state index in [0.717, 1.165) is 93.6 Å². The Bertz CT molecular complexity index is 5250. The predicted octanol–water partition coefficient (Wildman–Crippen LogP) is 17.9. The van der Waals surface area contributed by atoms with E-state index in [0.29, 0.717) is 17.6 Å². The Kier molecular flexibility index (Phi) is 9.00. The molecule has 17 rings (SSSR count). The Labute approximate surface area is 446 Å². The number of hydrogen-bond donors (Lipinski definition) is 0. The molecule has 0 atom stereocenters. The maximum atomic E-state index is 5.42. The van der Waals surface area contributed by atoms with Crippen molar-refractivity contribution in [3.8, 4) is 45.8 Å². The molecule has 362 valence electrons. The van der Waals surface area contributed by atoms with Crippen molar-refractivity contribution in [1.29, 1.82) is 0 Å². The first kappa shape index (κ1) is 42.7. The van der Waals surface area contributed by atoms with Gasteiger partial charge in [-0.2, -0.15) is 9.97 Å². The molecular weight excluding hydrogens is 951 g/mol. The molecule has 0 aliphatic rings. The van der Waals surface area contributed by atoms with Gasteiger partial charge in [-0.05, 0) is 100 Å². The van der Waals surface area contributed by atoms with Gasteiger partial charge in [-0.25, -0.2) is 4.98 Å². The molecule has 0 amide bonds. The minimum atomic E-state index is 0.554. The molecule has 5 aromatic heterocycles. The van der Waals surface area contributed by atoms with Gasteiger partial charge < -0.3 is 13.7 Å². The smallest absolute Gasteiger partial charge is 0.238 e. The largest absolute Gasteiger partial charge is 0.309 e. The number of aromatic nitrogens is 7. The summed E-state index contributed by atoms with van der Waals surface area (Å²) >= 11 is 0. The van der Waals surface area contributed by atoms with Gasteiger partial charge in [0.05, 0.1) is 44.1 Å². The molecule has 7 heteroatoms. The Morgan fingerprint density at radius 1 is 0.231 bits per heavy atom. The van der Waals surface area contributed by atoms with Gasteiger partial charge in [0.25, 0.3) is 0 Å². The van der Waals surface area contributed by atoms with Crippen molar-refractivity contribution in [3.05, 3.63) is 261 Å². The quantitative estimate of drug-likeness (QED) is 0.167. The second kappa shape index (κ2) is 16.4. The van der Waals surface area contributed by atoms with Gasteiger partial charge in [0.1, 0.15) is 0 Å². The highest BCUT2D eigenvalue weighted by Gasteiger charge is 2.25. The summed E-state index contributed by atoms with van der Waals surface area (Å²) < 4.78 is 9.62. The van der Waals surface area contributed by atoms with Crippen LogP contribution in [0.2, 0.25) is 0 Å². The van der Waals surface area contributed by atoms with E-state index in [9.17, 15) is 0 Å². The lowest BCUT2D eigenvalue weighted by Crippen LogP contribution is -2.06. The summed E-state index contributed by atoms with van der Waals surface area (Å²) in [5, 5.41) is 14.1. The van der Waals surface area contributed by atoms with Crippen LogP contribution in [-0.4, -0.2) is 33.2 Å². The van der Waals surface area contributed by atoms with Gasteiger partial charge in [0.15, 0.2) is 11.6 Å². The molecule has 0 spiro atoms. The molecule has 12 aromatic carbocycles. The summed E-state index contributed by atoms with van der Waals surface area (Å²) in [6.45, 7) is 0. The zero-order valence-electron chi connectivity index (χ0n) is 42.0. The maximum Gasteiger partial charge on any atom is 0.238 e. The Morgan fingerprint density at radius 2 is 0.641 bits per heavy atom. The highest BCUT2D eigenvalue weighted by Crippen LogP contribution is 2.45. The molecule has 0 saturated heterocycles. The molecule has 0 aliphatic carbocycles. The van der Waals surface area contributed by atoms with Gasteiger partial charge >= 0.3 is 0 Å². The van der Waals surface area contributed by atoms with Crippen LogP contribution in [0, 0.1) is 0 Å². The summed E-state index contributed by atoms with van der Waals surface area (Å²) in [5.74, 6) is 1.77. The molecule has 0 N–H and O–H groups in total. The third-order valence-corrected chi connectivity index (χ3v) is 16.1. The lowest BCUT2D eigenvalue weighted by atomic mass is 10.1. The monoisotopic (exact) mass is 993 g/mol. The highest BCUT2D eigenvalue weighted by atomic mass is 15.2. The van der Waals surface area contributed by atoms with Crippen LogP contribution in [-0.2, 0) is 0 Å². The molecule has 78 heavy (non-hydrogen) atoms. The highest BCUT2D eigenvalue weighted by molar-refractivity contribution is 6.27. The Hall–Kier alpha value is -10.6. The standard InChI is InChI=1S/C71H43N7/c1-2-21-50(22-3-1)76-59-29-12-8-25-53(59)55-37-39-63-65(67(55)76)57-27-10-14-31-61(57)75(63)51-23-16-24-52(43-51)77-60-30-13-9-26-54(60)56-38-40-64-66(68(56)77)58-28-11-15-32-62(58)78(64)71-73-69(48-35-33-44-17-4-6-19-46(44)41-48)72-70(74-71)49-36-34-45-18-5-7-20-47(45)42-49/h1-43H. The molecular formula is C71H43N7. The van der Waals surface area contributed by atoms with Crippen molar-refractivity contribution in [2.24, 2.45) is 0 Å². The minimum absolute atomic E-state index is 0.554. The zero-order chi connectivity index (χ0) is 51.0. The fourth-order valence-electron chi connectivity index (χ4n) is 12.8. The first-order chi connectivity index (χ1) is 38.7. The van der Waals surface area contributed by atoms with Crippen molar-refractivity contribution in [1.82, 2.24) is 33.2 Å². The minimum Gasteiger partial charge on any atom is -0.309 e. The topological polar surface area (TPSA) is 58.4 Å². The Balaban J connectivity index is 0.918. The lowest BCUT2D eigenvalue weighted by molar-refractivity contribution is 0.954. The molecule has 0 unspecified atom stereocenters. The van der Waals surface area contributed by atoms with E-state index in [1.807, 2.05) is 0 Å². The second-order valence-corrected chi connectivity index (χ2v) is 20.4. The van der Waals surface area contributed by atoms with Gasteiger partial charge in [0.2, 0.25) is 5.95 Å². The van der Waals surface area contributed by atoms with E-state index in [4.69, 9.17) is 15.0 Å². The number of hydrogen-bond acceptors (Lipinski definition) is 3. The van der Waals surface area contributed by atoms with Crippen molar-refractivity contribution in [3.63, 3.8) is 0 Å². The van der Waals surface area contributed by atoms with E-state index < -0.39 is 0 Å². The van der Waals surface area contributed by atoms with Gasteiger partial charge in [0, 0.05) is 71.3 Å². The third kappa shape index (κ3) is 6.18. The average Bonchev–Trinajstić information content (AvgIpc) is 4.40. The van der Waals surface area contributed by atoms with Crippen LogP contribution in [0.1, 0.15) is 0 Å². The van der Waals surface area contributed by atoms with Gasteiger partial charge in [-0.3, -0.25) is 4.57 Å². The molecule has 0 bridgehead atoms. The van der Waals surface area contributed by atoms with E-state index in [-0.39, 0.29) is 0 Å². The van der Waals surface area contributed by atoms with Crippen molar-refractivity contribution in [2.75, 3.05) is 0 Å². The second-order valence-electron chi connectivity index (χ2n) is 20.4. The number of rotatable bonds is 6. The van der Waals surface area contributed by atoms with E-state index in [2.05, 4.69) is 279 Å². The predicted molar refractivity (Wildman–Crippen MR) is 323 cm³/mol. The third-order valence-electron chi connectivity index (χ3n) is 16.1. The molecule has 17 aromatic rings. The molecule has 0 radical (unpaired) electrons. The van der Waals surface area contributed by atoms with Crippen LogP contribution in [0.5, 0.6) is 0 Å². The van der Waals surface area contributed by atoms with Crippen molar-refractivity contribution in [2.45, 2.75) is 0 Å². The molecule has 0 saturated carbocycles. The zero-order valence-corrected chi connectivity index (χ0v) is 42.0. The Morgan fingerprint density at radius 3 is 1.19 bits per heavy atom. The van der Waals surface area contributed by atoms with E-state index >= 15 is 0 Å². The SMILES string of the molecule is c1ccc(-n2c3ccccc3c3ccc4c(c5ccccc5n4-c4cccc(-n5c6ccccc6c6ccc7c(c8ccccc8n7-c7nc(-c8ccc9ccccc9c8)nc(-c8ccc9ccccc9c8)n7)c65)c4)c32)cc1. The van der Waals surface area contributed by atoms with Crippen LogP contribution in [0.15, 0.2) is 261 Å². The number of para-hydroxylation sites is 5. The number of nitrogens with zero attached hydrogens (tertiary/aromatic N) is 7. The van der Waals surface area contributed by atoms with Crippen LogP contribution < -0.4 is 0 Å². The van der Waals surface area contributed by atoms with Gasteiger partial charge in [-0.15, -0.1) is 0 Å². The molecule has 0 fully saturated rings. The first-order valence-electron chi connectivity index (χ1n) is 26.5. The van der Waals surface area contributed by atoms with Crippen molar-refractivity contribution < 1.29 is 0 Å². The van der Waals surface area contributed by atoms with Crippen LogP contribution >= 0.6 is 0 Å². The molecule has 7 nitrogen and oxygen atoms in total.